The van der Waals surface area contributed by atoms with Crippen LogP contribution in [0.25, 0.3) is 0 Å². The van der Waals surface area contributed by atoms with Gasteiger partial charge in [0, 0.05) is 19.7 Å². The molecule has 0 bridgehead atoms. The number of anilines is 1. The summed E-state index contributed by atoms with van der Waals surface area (Å²) in [4.78, 5) is 27.0. The molecule has 2 aromatic rings. The quantitative estimate of drug-likeness (QED) is 0.579. The Morgan fingerprint density at radius 1 is 1.09 bits per heavy atom. The predicted octanol–water partition coefficient (Wildman–Crippen LogP) is 2.65. The first-order valence-corrected chi connectivity index (χ1v) is 12.4. The molecule has 12 heteroatoms. The van der Waals surface area contributed by atoms with Crippen LogP contribution in [0.2, 0.25) is 10.0 Å². The largest absolute Gasteiger partial charge is 0.454 e. The van der Waals surface area contributed by atoms with Gasteiger partial charge < -0.3 is 19.7 Å². The first kappa shape index (κ1) is 24.9. The Labute approximate surface area is 202 Å². The summed E-state index contributed by atoms with van der Waals surface area (Å²) in [5.74, 6) is -0.134. The summed E-state index contributed by atoms with van der Waals surface area (Å²) in [6, 6.07) is 8.55. The average molecular weight is 516 g/mol. The van der Waals surface area contributed by atoms with Crippen molar-refractivity contribution in [3.63, 3.8) is 0 Å². The Morgan fingerprint density at radius 3 is 2.42 bits per heavy atom. The first-order valence-electron chi connectivity index (χ1n) is 9.83. The van der Waals surface area contributed by atoms with Gasteiger partial charge in [0.25, 0.3) is 0 Å². The van der Waals surface area contributed by atoms with Crippen molar-refractivity contribution in [3.8, 4) is 11.5 Å². The van der Waals surface area contributed by atoms with Crippen molar-refractivity contribution in [1.82, 2.24) is 10.2 Å². The Hall–Kier alpha value is -2.69. The van der Waals surface area contributed by atoms with E-state index in [0.717, 1.165) is 10.6 Å². The van der Waals surface area contributed by atoms with E-state index in [1.165, 1.54) is 24.1 Å². The van der Waals surface area contributed by atoms with E-state index in [9.17, 15) is 18.0 Å². The van der Waals surface area contributed by atoms with Crippen LogP contribution in [0.5, 0.6) is 11.5 Å². The fraction of sp³-hybridized carbons (Fsp3) is 0.333. The Balaban J connectivity index is 1.92. The van der Waals surface area contributed by atoms with Crippen molar-refractivity contribution in [2.75, 3.05) is 30.9 Å². The van der Waals surface area contributed by atoms with Gasteiger partial charge in [-0.25, -0.2) is 8.42 Å². The van der Waals surface area contributed by atoms with Crippen molar-refractivity contribution in [2.24, 2.45) is 0 Å². The van der Waals surface area contributed by atoms with Crippen LogP contribution in [0.4, 0.5) is 5.69 Å². The number of carbonyl (C=O) groups is 2. The fourth-order valence-electron chi connectivity index (χ4n) is 3.28. The van der Waals surface area contributed by atoms with Gasteiger partial charge in [-0.05, 0) is 36.8 Å². The molecule has 2 aromatic carbocycles. The van der Waals surface area contributed by atoms with Crippen LogP contribution < -0.4 is 19.1 Å². The zero-order valence-corrected chi connectivity index (χ0v) is 20.5. The van der Waals surface area contributed by atoms with Crippen LogP contribution >= 0.6 is 23.2 Å². The highest BCUT2D eigenvalue weighted by Gasteiger charge is 2.30. The SMILES string of the molecule is CNC(=O)[C@H](C)N(Cc1ccc(Cl)c(Cl)c1)C(=O)CN(c1ccc2c(c1)OCO2)S(C)(=O)=O. The number of likely N-dealkylation sites (N-methyl/N-ethyl adjacent to an activating group) is 1. The number of fused-ring (bicyclic) bond motifs is 1. The second-order valence-corrected chi connectivity index (χ2v) is 10.1. The highest BCUT2D eigenvalue weighted by atomic mass is 35.5. The molecule has 0 unspecified atom stereocenters. The van der Waals surface area contributed by atoms with Gasteiger partial charge in [-0.1, -0.05) is 29.3 Å². The minimum absolute atomic E-state index is 0.0169. The highest BCUT2D eigenvalue weighted by molar-refractivity contribution is 7.92. The number of hydrogen-bond acceptors (Lipinski definition) is 6. The van der Waals surface area contributed by atoms with Gasteiger partial charge in [0.05, 0.1) is 22.0 Å². The molecule has 1 atom stereocenters. The molecular formula is C21H23Cl2N3O6S. The maximum absolute atomic E-state index is 13.4. The molecule has 0 saturated carbocycles. The lowest BCUT2D eigenvalue weighted by molar-refractivity contribution is -0.139. The number of hydrogen-bond donors (Lipinski definition) is 1. The van der Waals surface area contributed by atoms with Crippen molar-refractivity contribution >= 4 is 50.7 Å². The number of ether oxygens (including phenoxy) is 2. The van der Waals surface area contributed by atoms with E-state index in [0.29, 0.717) is 27.1 Å². The van der Waals surface area contributed by atoms with Gasteiger partial charge in [-0.3, -0.25) is 13.9 Å². The minimum atomic E-state index is -3.85. The minimum Gasteiger partial charge on any atom is -0.454 e. The molecule has 0 spiro atoms. The number of carbonyl (C=O) groups excluding carboxylic acids is 2. The van der Waals surface area contributed by atoms with Crippen LogP contribution in [0.1, 0.15) is 12.5 Å². The van der Waals surface area contributed by atoms with E-state index < -0.39 is 34.4 Å². The topological polar surface area (TPSA) is 105 Å². The van der Waals surface area contributed by atoms with Gasteiger partial charge in [0.15, 0.2) is 11.5 Å². The molecule has 0 aromatic heterocycles. The molecule has 1 aliphatic rings. The summed E-state index contributed by atoms with van der Waals surface area (Å²) in [5, 5.41) is 3.16. The van der Waals surface area contributed by atoms with Crippen LogP contribution in [0.3, 0.4) is 0 Å². The van der Waals surface area contributed by atoms with E-state index in [2.05, 4.69) is 5.32 Å². The lowest BCUT2D eigenvalue weighted by Gasteiger charge is -2.31. The van der Waals surface area contributed by atoms with Crippen molar-refractivity contribution in [3.05, 3.63) is 52.0 Å². The molecule has 0 fully saturated rings. The Kier molecular flexibility index (Phi) is 7.61. The third kappa shape index (κ3) is 5.82. The number of benzene rings is 2. The van der Waals surface area contributed by atoms with Gasteiger partial charge in [-0.15, -0.1) is 0 Å². The summed E-state index contributed by atoms with van der Waals surface area (Å²) in [5.41, 5.74) is 0.861. The smallest absolute Gasteiger partial charge is 0.244 e. The van der Waals surface area contributed by atoms with E-state index >= 15 is 0 Å². The molecule has 1 aliphatic heterocycles. The molecule has 178 valence electrons. The van der Waals surface area contributed by atoms with Crippen LogP contribution in [0, 0.1) is 0 Å². The molecule has 1 N–H and O–H groups in total. The maximum Gasteiger partial charge on any atom is 0.244 e. The third-order valence-electron chi connectivity index (χ3n) is 5.07. The lowest BCUT2D eigenvalue weighted by atomic mass is 10.1. The van der Waals surface area contributed by atoms with Gasteiger partial charge in [-0.2, -0.15) is 0 Å². The zero-order chi connectivity index (χ0) is 24.3. The average Bonchev–Trinajstić information content (AvgIpc) is 3.24. The van der Waals surface area contributed by atoms with Crippen molar-refractivity contribution in [2.45, 2.75) is 19.5 Å². The van der Waals surface area contributed by atoms with E-state index in [1.54, 1.807) is 31.2 Å². The molecule has 2 amide bonds. The molecule has 9 nitrogen and oxygen atoms in total. The normalized spacial score (nSPS) is 13.4. The molecule has 0 saturated heterocycles. The molecular weight excluding hydrogens is 493 g/mol. The summed E-state index contributed by atoms with van der Waals surface area (Å²) in [7, 11) is -2.40. The number of amides is 2. The predicted molar refractivity (Wildman–Crippen MR) is 125 cm³/mol. The monoisotopic (exact) mass is 515 g/mol. The molecule has 33 heavy (non-hydrogen) atoms. The summed E-state index contributed by atoms with van der Waals surface area (Å²) < 4.78 is 36.7. The van der Waals surface area contributed by atoms with Gasteiger partial charge >= 0.3 is 0 Å². The number of rotatable bonds is 8. The number of nitrogens with zero attached hydrogens (tertiary/aromatic N) is 2. The van der Waals surface area contributed by atoms with Crippen molar-refractivity contribution in [1.29, 1.82) is 0 Å². The lowest BCUT2D eigenvalue weighted by Crippen LogP contribution is -2.50. The second kappa shape index (κ2) is 10.1. The maximum atomic E-state index is 13.4. The number of halogens is 2. The summed E-state index contributed by atoms with van der Waals surface area (Å²) >= 11 is 12.1. The van der Waals surface area contributed by atoms with Crippen LogP contribution in [0.15, 0.2) is 36.4 Å². The van der Waals surface area contributed by atoms with E-state index in [4.69, 9.17) is 32.7 Å². The van der Waals surface area contributed by atoms with Crippen molar-refractivity contribution < 1.29 is 27.5 Å². The van der Waals surface area contributed by atoms with Crippen LogP contribution in [-0.4, -0.2) is 57.8 Å². The standard InChI is InChI=1S/C21H23Cl2N3O6S/c1-13(21(28)24-2)25(10-14-4-6-16(22)17(23)8-14)20(27)11-26(33(3,29)30)15-5-7-18-19(9-15)32-12-31-18/h4-9,13H,10-12H2,1-3H3,(H,24,28)/t13-/m0/s1. The first-order chi connectivity index (χ1) is 15.5. The molecule has 3 rings (SSSR count). The van der Waals surface area contributed by atoms with Crippen LogP contribution in [-0.2, 0) is 26.2 Å². The summed E-state index contributed by atoms with van der Waals surface area (Å²) in [6.07, 6.45) is 0.996. The second-order valence-electron chi connectivity index (χ2n) is 7.37. The van der Waals surface area contributed by atoms with E-state index in [-0.39, 0.29) is 19.0 Å². The number of sulfonamides is 1. The zero-order valence-electron chi connectivity index (χ0n) is 18.2. The van der Waals surface area contributed by atoms with Gasteiger partial charge in [0.1, 0.15) is 12.6 Å². The molecule has 0 radical (unpaired) electrons. The van der Waals surface area contributed by atoms with E-state index in [1.807, 2.05) is 0 Å². The fourth-order valence-corrected chi connectivity index (χ4v) is 4.44. The highest BCUT2D eigenvalue weighted by Crippen LogP contribution is 2.36. The number of nitrogens with one attached hydrogen (secondary N) is 1. The molecule has 0 aliphatic carbocycles. The Bertz CT molecular complexity index is 1170. The van der Waals surface area contributed by atoms with Gasteiger partial charge in [0.2, 0.25) is 28.6 Å². The Morgan fingerprint density at radius 2 is 1.79 bits per heavy atom. The third-order valence-corrected chi connectivity index (χ3v) is 6.95. The molecule has 1 heterocycles. The summed E-state index contributed by atoms with van der Waals surface area (Å²) in [6.45, 7) is 1.07.